The number of hydrogen-bond acceptors (Lipinski definition) is 4. The van der Waals surface area contributed by atoms with Crippen LogP contribution in [-0.2, 0) is 4.79 Å². The fraction of sp³-hybridized carbons (Fsp3) is 0.444. The summed E-state index contributed by atoms with van der Waals surface area (Å²) >= 11 is 0. The van der Waals surface area contributed by atoms with Crippen LogP contribution in [-0.4, -0.2) is 29.6 Å². The Bertz CT molecular complexity index is 294. The molecule has 0 amide bonds. The number of Topliss-reactive ketones (excluding diaryl/α,β-unsaturated/α-hetero) is 1. The van der Waals surface area contributed by atoms with Gasteiger partial charge in [0.2, 0.25) is 0 Å². The van der Waals surface area contributed by atoms with E-state index in [0.717, 1.165) is 11.5 Å². The number of carbonyl (C=O) groups is 1. The molecular weight excluding hydrogens is 166 g/mol. The van der Waals surface area contributed by atoms with Crippen molar-refractivity contribution in [3.05, 3.63) is 17.8 Å². The summed E-state index contributed by atoms with van der Waals surface area (Å²) in [7, 11) is 1.82. The Morgan fingerprint density at radius 3 is 2.62 bits per heavy atom. The molecule has 0 N–H and O–H groups in total. The average molecular weight is 179 g/mol. The average Bonchev–Trinajstić information content (AvgIpc) is 2.04. The van der Waals surface area contributed by atoms with E-state index in [1.165, 1.54) is 0 Å². The van der Waals surface area contributed by atoms with E-state index in [4.69, 9.17) is 0 Å². The second kappa shape index (κ2) is 3.98. The minimum Gasteiger partial charge on any atom is -0.351 e. The van der Waals surface area contributed by atoms with Crippen LogP contribution in [0.3, 0.4) is 0 Å². The third-order valence-corrected chi connectivity index (χ3v) is 1.63. The van der Waals surface area contributed by atoms with Crippen molar-refractivity contribution in [3.63, 3.8) is 0 Å². The number of likely N-dealkylation sites (N-methyl/N-ethyl adjacent to an activating group) is 1. The van der Waals surface area contributed by atoms with Crippen LogP contribution in [0.1, 0.15) is 12.6 Å². The van der Waals surface area contributed by atoms with Crippen LogP contribution in [0.4, 0.5) is 5.82 Å². The smallest absolute Gasteiger partial charge is 0.151 e. The van der Waals surface area contributed by atoms with Crippen LogP contribution in [0.25, 0.3) is 0 Å². The van der Waals surface area contributed by atoms with Crippen molar-refractivity contribution < 1.29 is 4.79 Å². The monoisotopic (exact) mass is 179 g/mol. The summed E-state index contributed by atoms with van der Waals surface area (Å²) in [4.78, 5) is 12.6. The van der Waals surface area contributed by atoms with E-state index in [2.05, 4.69) is 10.2 Å². The molecule has 1 aromatic rings. The number of ketones is 1. The Morgan fingerprint density at radius 1 is 1.46 bits per heavy atom. The maximum absolute atomic E-state index is 10.8. The lowest BCUT2D eigenvalue weighted by atomic mass is 10.3. The lowest BCUT2D eigenvalue weighted by Crippen LogP contribution is -2.24. The molecule has 0 unspecified atom stereocenters. The zero-order valence-electron chi connectivity index (χ0n) is 8.11. The van der Waals surface area contributed by atoms with E-state index < -0.39 is 0 Å². The third-order valence-electron chi connectivity index (χ3n) is 1.63. The molecule has 0 saturated heterocycles. The van der Waals surface area contributed by atoms with Crippen molar-refractivity contribution in [1.82, 2.24) is 10.2 Å². The van der Waals surface area contributed by atoms with Crippen molar-refractivity contribution in [1.29, 1.82) is 0 Å². The standard InChI is InChI=1S/C9H13N3O/c1-7-4-5-9(11-10-7)12(3)6-8(2)13/h4-5H,6H2,1-3H3. The van der Waals surface area contributed by atoms with Crippen LogP contribution < -0.4 is 4.90 Å². The Balaban J connectivity index is 2.71. The summed E-state index contributed by atoms with van der Waals surface area (Å²) in [5, 5.41) is 7.86. The van der Waals surface area contributed by atoms with E-state index in [1.807, 2.05) is 26.1 Å². The van der Waals surface area contributed by atoms with Gasteiger partial charge in [0.25, 0.3) is 0 Å². The summed E-state index contributed by atoms with van der Waals surface area (Å²) in [6.45, 7) is 3.80. The van der Waals surface area contributed by atoms with E-state index in [-0.39, 0.29) is 5.78 Å². The maximum Gasteiger partial charge on any atom is 0.151 e. The highest BCUT2D eigenvalue weighted by Crippen LogP contribution is 2.06. The number of carbonyl (C=O) groups excluding carboxylic acids is 1. The molecule has 1 heterocycles. The first-order valence-corrected chi connectivity index (χ1v) is 4.10. The molecule has 0 bridgehead atoms. The van der Waals surface area contributed by atoms with Gasteiger partial charge in [-0.3, -0.25) is 4.79 Å². The molecule has 0 aliphatic rings. The van der Waals surface area contributed by atoms with Gasteiger partial charge in [0, 0.05) is 7.05 Å². The van der Waals surface area contributed by atoms with E-state index >= 15 is 0 Å². The molecule has 0 spiro atoms. The van der Waals surface area contributed by atoms with Crippen molar-refractivity contribution in [2.45, 2.75) is 13.8 Å². The van der Waals surface area contributed by atoms with E-state index in [9.17, 15) is 4.79 Å². The largest absolute Gasteiger partial charge is 0.351 e. The zero-order chi connectivity index (χ0) is 9.84. The van der Waals surface area contributed by atoms with Gasteiger partial charge in [-0.15, -0.1) is 5.10 Å². The molecule has 4 nitrogen and oxygen atoms in total. The fourth-order valence-electron chi connectivity index (χ4n) is 1.01. The van der Waals surface area contributed by atoms with Crippen LogP contribution in [0.5, 0.6) is 0 Å². The summed E-state index contributed by atoms with van der Waals surface area (Å²) in [6.07, 6.45) is 0. The molecule has 70 valence electrons. The Hall–Kier alpha value is -1.45. The quantitative estimate of drug-likeness (QED) is 0.688. The maximum atomic E-state index is 10.8. The topological polar surface area (TPSA) is 46.1 Å². The number of nitrogens with zero attached hydrogens (tertiary/aromatic N) is 3. The summed E-state index contributed by atoms with van der Waals surface area (Å²) in [6, 6.07) is 3.73. The van der Waals surface area contributed by atoms with Gasteiger partial charge < -0.3 is 4.90 Å². The molecular formula is C9H13N3O. The first-order chi connectivity index (χ1) is 6.09. The van der Waals surface area contributed by atoms with Crippen LogP contribution in [0.2, 0.25) is 0 Å². The van der Waals surface area contributed by atoms with Crippen molar-refractivity contribution in [2.75, 3.05) is 18.5 Å². The molecule has 4 heteroatoms. The third kappa shape index (κ3) is 2.82. The van der Waals surface area contributed by atoms with Gasteiger partial charge >= 0.3 is 0 Å². The highest BCUT2D eigenvalue weighted by atomic mass is 16.1. The fourth-order valence-corrected chi connectivity index (χ4v) is 1.01. The molecule has 0 aliphatic carbocycles. The van der Waals surface area contributed by atoms with E-state index in [1.54, 1.807) is 11.8 Å². The lowest BCUT2D eigenvalue weighted by Gasteiger charge is -2.14. The van der Waals surface area contributed by atoms with Crippen molar-refractivity contribution in [3.8, 4) is 0 Å². The predicted octanol–water partition coefficient (Wildman–Crippen LogP) is 0.810. The van der Waals surface area contributed by atoms with Crippen molar-refractivity contribution >= 4 is 11.6 Å². The minimum absolute atomic E-state index is 0.116. The number of aromatic nitrogens is 2. The molecule has 0 saturated carbocycles. The normalized spacial score (nSPS) is 9.77. The highest BCUT2D eigenvalue weighted by Gasteiger charge is 2.04. The van der Waals surface area contributed by atoms with Gasteiger partial charge in [-0.2, -0.15) is 5.10 Å². The van der Waals surface area contributed by atoms with Gasteiger partial charge in [0.1, 0.15) is 5.78 Å². The van der Waals surface area contributed by atoms with Crippen molar-refractivity contribution in [2.24, 2.45) is 0 Å². The first-order valence-electron chi connectivity index (χ1n) is 4.10. The first kappa shape index (κ1) is 9.64. The highest BCUT2D eigenvalue weighted by molar-refractivity contribution is 5.80. The van der Waals surface area contributed by atoms with Gasteiger partial charge in [-0.1, -0.05) is 0 Å². The van der Waals surface area contributed by atoms with Crippen LogP contribution in [0, 0.1) is 6.92 Å². The summed E-state index contributed by atoms with van der Waals surface area (Å²) in [5.41, 5.74) is 0.875. The summed E-state index contributed by atoms with van der Waals surface area (Å²) in [5.74, 6) is 0.839. The molecule has 0 radical (unpaired) electrons. The van der Waals surface area contributed by atoms with Crippen LogP contribution >= 0.6 is 0 Å². The molecule has 1 aromatic heterocycles. The number of hydrogen-bond donors (Lipinski definition) is 0. The second-order valence-electron chi connectivity index (χ2n) is 3.09. The number of rotatable bonds is 3. The molecule has 0 aromatic carbocycles. The second-order valence-corrected chi connectivity index (χ2v) is 3.09. The van der Waals surface area contributed by atoms with Gasteiger partial charge in [0.15, 0.2) is 5.82 Å². The molecule has 1 rings (SSSR count). The Labute approximate surface area is 77.6 Å². The predicted molar refractivity (Wildman–Crippen MR) is 50.7 cm³/mol. The molecule has 0 aliphatic heterocycles. The SMILES string of the molecule is CC(=O)CN(C)c1ccc(C)nn1. The Kier molecular flexibility index (Phi) is 2.95. The Morgan fingerprint density at radius 2 is 2.15 bits per heavy atom. The zero-order valence-corrected chi connectivity index (χ0v) is 8.11. The van der Waals surface area contributed by atoms with E-state index in [0.29, 0.717) is 6.54 Å². The van der Waals surface area contributed by atoms with Gasteiger partial charge in [-0.05, 0) is 26.0 Å². The number of aryl methyl sites for hydroxylation is 1. The molecule has 13 heavy (non-hydrogen) atoms. The molecule has 0 fully saturated rings. The van der Waals surface area contributed by atoms with Gasteiger partial charge in [0.05, 0.1) is 12.2 Å². The van der Waals surface area contributed by atoms with Gasteiger partial charge in [-0.25, -0.2) is 0 Å². The lowest BCUT2D eigenvalue weighted by molar-refractivity contribution is -0.115. The minimum atomic E-state index is 0.116. The molecule has 0 atom stereocenters. The van der Waals surface area contributed by atoms with Crippen LogP contribution in [0.15, 0.2) is 12.1 Å². The summed E-state index contributed by atoms with van der Waals surface area (Å²) < 4.78 is 0. The number of anilines is 1.